The third-order valence-corrected chi connectivity index (χ3v) is 3.99. The van der Waals surface area contributed by atoms with E-state index in [1.807, 2.05) is 0 Å². The van der Waals surface area contributed by atoms with E-state index in [0.717, 1.165) is 50.7 Å². The predicted molar refractivity (Wildman–Crippen MR) is 71.2 cm³/mol. The molecule has 0 spiro atoms. The largest absolute Gasteiger partial charge is 0.294 e. The summed E-state index contributed by atoms with van der Waals surface area (Å²) in [5, 5.41) is 0. The summed E-state index contributed by atoms with van der Waals surface area (Å²) in [7, 11) is 0. The summed E-state index contributed by atoms with van der Waals surface area (Å²) in [4.78, 5) is 12.3. The number of halogens is 2. The molecule has 0 aliphatic heterocycles. The van der Waals surface area contributed by atoms with Gasteiger partial charge in [0.15, 0.2) is 5.78 Å². The first-order chi connectivity index (χ1) is 9.09. The quantitative estimate of drug-likeness (QED) is 0.702. The molecule has 1 fully saturated rings. The second-order valence-electron chi connectivity index (χ2n) is 5.49. The van der Waals surface area contributed by atoms with Gasteiger partial charge in [-0.05, 0) is 37.5 Å². The molecule has 1 aromatic carbocycles. The monoisotopic (exact) mass is 266 g/mol. The van der Waals surface area contributed by atoms with Gasteiger partial charge in [0.05, 0.1) is 5.56 Å². The van der Waals surface area contributed by atoms with Crippen molar-refractivity contribution in [2.45, 2.75) is 51.9 Å². The van der Waals surface area contributed by atoms with Crippen LogP contribution in [0.3, 0.4) is 0 Å². The molecule has 0 unspecified atom stereocenters. The van der Waals surface area contributed by atoms with Crippen molar-refractivity contribution >= 4 is 5.78 Å². The molecule has 3 heteroatoms. The van der Waals surface area contributed by atoms with Crippen LogP contribution < -0.4 is 0 Å². The van der Waals surface area contributed by atoms with E-state index in [1.165, 1.54) is 13.3 Å². The van der Waals surface area contributed by atoms with E-state index < -0.39 is 11.6 Å². The molecule has 1 saturated carbocycles. The van der Waals surface area contributed by atoms with Crippen molar-refractivity contribution in [3.05, 3.63) is 34.9 Å². The minimum Gasteiger partial charge on any atom is -0.294 e. The van der Waals surface area contributed by atoms with Crippen molar-refractivity contribution in [2.24, 2.45) is 5.92 Å². The summed E-state index contributed by atoms with van der Waals surface area (Å²) < 4.78 is 27.3. The minimum atomic E-state index is -0.592. The van der Waals surface area contributed by atoms with E-state index in [0.29, 0.717) is 0 Å². The van der Waals surface area contributed by atoms with Gasteiger partial charge in [-0.25, -0.2) is 8.78 Å². The number of hydrogen-bond acceptors (Lipinski definition) is 1. The van der Waals surface area contributed by atoms with Crippen molar-refractivity contribution in [3.8, 4) is 0 Å². The van der Waals surface area contributed by atoms with Crippen molar-refractivity contribution in [2.75, 3.05) is 0 Å². The maximum Gasteiger partial charge on any atom is 0.168 e. The molecule has 1 nitrogen and oxygen atoms in total. The van der Waals surface area contributed by atoms with Gasteiger partial charge < -0.3 is 0 Å². The van der Waals surface area contributed by atoms with Gasteiger partial charge in [0.25, 0.3) is 0 Å². The lowest BCUT2D eigenvalue weighted by molar-refractivity contribution is 0.0893. The highest BCUT2D eigenvalue weighted by Crippen LogP contribution is 2.27. The van der Waals surface area contributed by atoms with Crippen molar-refractivity contribution in [1.82, 2.24) is 0 Å². The van der Waals surface area contributed by atoms with E-state index in [-0.39, 0.29) is 22.8 Å². The summed E-state index contributed by atoms with van der Waals surface area (Å²) in [5.74, 6) is -1.46. The molecule has 1 aromatic rings. The second-order valence-corrected chi connectivity index (χ2v) is 5.49. The van der Waals surface area contributed by atoms with E-state index in [9.17, 15) is 13.6 Å². The number of hydrogen-bond donors (Lipinski definition) is 0. The maximum absolute atomic E-state index is 13.8. The highest BCUT2D eigenvalue weighted by Gasteiger charge is 2.24. The highest BCUT2D eigenvalue weighted by atomic mass is 19.1. The lowest BCUT2D eigenvalue weighted by Crippen LogP contribution is -2.18. The van der Waals surface area contributed by atoms with E-state index in [4.69, 9.17) is 0 Å². The third kappa shape index (κ3) is 3.40. The van der Waals surface area contributed by atoms with Crippen LogP contribution in [0, 0.1) is 24.5 Å². The van der Waals surface area contributed by atoms with Crippen molar-refractivity contribution < 1.29 is 13.6 Å². The summed E-state index contributed by atoms with van der Waals surface area (Å²) in [6, 6.07) is 2.18. The zero-order valence-corrected chi connectivity index (χ0v) is 11.3. The molecule has 1 aliphatic rings. The number of benzene rings is 1. The molecule has 104 valence electrons. The van der Waals surface area contributed by atoms with E-state index in [2.05, 4.69) is 0 Å². The molecule has 19 heavy (non-hydrogen) atoms. The fourth-order valence-corrected chi connectivity index (χ4v) is 2.77. The van der Waals surface area contributed by atoms with Crippen LogP contribution >= 0.6 is 0 Å². The molecule has 0 radical (unpaired) electrons. The van der Waals surface area contributed by atoms with Crippen molar-refractivity contribution in [3.63, 3.8) is 0 Å². The first-order valence-electron chi connectivity index (χ1n) is 7.09. The number of rotatable bonds is 2. The van der Waals surface area contributed by atoms with Crippen molar-refractivity contribution in [1.29, 1.82) is 0 Å². The van der Waals surface area contributed by atoms with Gasteiger partial charge >= 0.3 is 0 Å². The zero-order chi connectivity index (χ0) is 13.8. The third-order valence-electron chi connectivity index (χ3n) is 3.99. The number of aryl methyl sites for hydroxylation is 1. The summed E-state index contributed by atoms with van der Waals surface area (Å²) in [6.07, 6.45) is 7.09. The Morgan fingerprint density at radius 2 is 1.58 bits per heavy atom. The lowest BCUT2D eigenvalue weighted by Gasteiger charge is -2.19. The molecule has 0 amide bonds. The van der Waals surface area contributed by atoms with Gasteiger partial charge in [0, 0.05) is 5.92 Å². The normalized spacial score (nSPS) is 17.8. The van der Waals surface area contributed by atoms with Crippen LogP contribution in [0.2, 0.25) is 0 Å². The molecule has 0 heterocycles. The van der Waals surface area contributed by atoms with E-state index in [1.54, 1.807) is 0 Å². The Bertz CT molecular complexity index is 460. The van der Waals surface area contributed by atoms with Crippen LogP contribution in [0.25, 0.3) is 0 Å². The average Bonchev–Trinajstić information content (AvgIpc) is 2.32. The fourth-order valence-electron chi connectivity index (χ4n) is 2.77. The van der Waals surface area contributed by atoms with Crippen LogP contribution in [-0.2, 0) is 0 Å². The zero-order valence-electron chi connectivity index (χ0n) is 11.3. The molecular weight excluding hydrogens is 246 g/mol. The molecule has 0 aromatic heterocycles. The standard InChI is InChI=1S/C16H20F2O/c1-11-9-15(18)13(10-14(11)17)16(19)12-7-5-3-2-4-6-8-12/h9-10,12H,2-8H2,1H3. The highest BCUT2D eigenvalue weighted by molar-refractivity contribution is 5.98. The second kappa shape index (κ2) is 6.27. The Hall–Kier alpha value is -1.25. The predicted octanol–water partition coefficient (Wildman–Crippen LogP) is 4.82. The smallest absolute Gasteiger partial charge is 0.168 e. The first kappa shape index (κ1) is 14.2. The Morgan fingerprint density at radius 1 is 1.00 bits per heavy atom. The Kier molecular flexibility index (Phi) is 4.67. The summed E-state index contributed by atoms with van der Waals surface area (Å²) >= 11 is 0. The molecular formula is C16H20F2O. The SMILES string of the molecule is Cc1cc(F)c(C(=O)C2CCCCCCC2)cc1F. The molecule has 0 bridgehead atoms. The summed E-state index contributed by atoms with van der Waals surface area (Å²) in [6.45, 7) is 1.50. The van der Waals surface area contributed by atoms with Crippen LogP contribution in [0.15, 0.2) is 12.1 Å². The van der Waals surface area contributed by atoms with E-state index >= 15 is 0 Å². The Morgan fingerprint density at radius 3 is 2.21 bits per heavy atom. The topological polar surface area (TPSA) is 17.1 Å². The van der Waals surface area contributed by atoms with Crippen LogP contribution in [0.1, 0.15) is 60.9 Å². The minimum absolute atomic E-state index is 0.0753. The number of ketones is 1. The summed E-state index contributed by atoms with van der Waals surface area (Å²) in [5.41, 5.74) is 0.167. The maximum atomic E-state index is 13.8. The Balaban J connectivity index is 2.20. The number of carbonyl (C=O) groups excluding carboxylic acids is 1. The van der Waals surface area contributed by atoms with Gasteiger partial charge in [-0.1, -0.05) is 32.1 Å². The number of Topliss-reactive ketones (excluding diaryl/α,β-unsaturated/α-hetero) is 1. The molecule has 0 saturated heterocycles. The first-order valence-corrected chi connectivity index (χ1v) is 7.09. The van der Waals surface area contributed by atoms with Crippen LogP contribution in [-0.4, -0.2) is 5.78 Å². The molecule has 2 rings (SSSR count). The van der Waals surface area contributed by atoms with Crippen LogP contribution in [0.5, 0.6) is 0 Å². The lowest BCUT2D eigenvalue weighted by atomic mass is 9.85. The Labute approximate surface area is 113 Å². The molecule has 1 aliphatic carbocycles. The van der Waals surface area contributed by atoms with Gasteiger partial charge in [-0.3, -0.25) is 4.79 Å². The molecule has 0 N–H and O–H groups in total. The van der Waals surface area contributed by atoms with Gasteiger partial charge in [-0.2, -0.15) is 0 Å². The number of carbonyl (C=O) groups is 1. The van der Waals surface area contributed by atoms with Crippen LogP contribution in [0.4, 0.5) is 8.78 Å². The molecule has 0 atom stereocenters. The fraction of sp³-hybridized carbons (Fsp3) is 0.562. The van der Waals surface area contributed by atoms with Gasteiger partial charge in [0.2, 0.25) is 0 Å². The van der Waals surface area contributed by atoms with Gasteiger partial charge in [0.1, 0.15) is 11.6 Å². The van der Waals surface area contributed by atoms with Gasteiger partial charge in [-0.15, -0.1) is 0 Å². The average molecular weight is 266 g/mol.